The normalized spacial score (nSPS) is 23.8. The fourth-order valence-corrected chi connectivity index (χ4v) is 5.04. The van der Waals surface area contributed by atoms with Crippen molar-refractivity contribution in [1.29, 1.82) is 5.26 Å². The summed E-state index contributed by atoms with van der Waals surface area (Å²) in [6, 6.07) is 6.43. The maximum absolute atomic E-state index is 12.5. The van der Waals surface area contributed by atoms with Gasteiger partial charge in [-0.25, -0.2) is 8.42 Å². The lowest BCUT2D eigenvalue weighted by molar-refractivity contribution is 0.565. The van der Waals surface area contributed by atoms with Crippen LogP contribution in [0.3, 0.4) is 0 Å². The monoisotopic (exact) mass is 303 g/mol. The Morgan fingerprint density at radius 1 is 1.28 bits per heavy atom. The van der Waals surface area contributed by atoms with Crippen LogP contribution in [-0.2, 0) is 9.84 Å². The molecule has 0 amide bonds. The summed E-state index contributed by atoms with van der Waals surface area (Å²) in [6.07, 6.45) is 1.88. The van der Waals surface area contributed by atoms with Crippen LogP contribution >= 0.6 is 23.2 Å². The van der Waals surface area contributed by atoms with Crippen molar-refractivity contribution in [2.45, 2.75) is 29.4 Å². The first-order chi connectivity index (χ1) is 8.46. The third-order valence-electron chi connectivity index (χ3n) is 3.22. The van der Waals surface area contributed by atoms with E-state index in [0.717, 1.165) is 6.42 Å². The summed E-state index contributed by atoms with van der Waals surface area (Å²) in [5, 5.41) is 8.81. The van der Waals surface area contributed by atoms with Gasteiger partial charge in [-0.3, -0.25) is 0 Å². The lowest BCUT2D eigenvalue weighted by Crippen LogP contribution is -2.25. The largest absolute Gasteiger partial charge is 0.223 e. The molecule has 1 aliphatic carbocycles. The number of halogens is 2. The Balaban J connectivity index is 2.49. The third-order valence-corrected chi connectivity index (χ3v) is 6.21. The van der Waals surface area contributed by atoms with E-state index in [1.807, 2.05) is 0 Å². The van der Waals surface area contributed by atoms with Gasteiger partial charge in [0.2, 0.25) is 0 Å². The molecule has 0 spiro atoms. The molecule has 0 aromatic heterocycles. The molecule has 0 aliphatic heterocycles. The smallest absolute Gasteiger partial charge is 0.184 e. The van der Waals surface area contributed by atoms with Crippen molar-refractivity contribution in [3.63, 3.8) is 0 Å². The minimum Gasteiger partial charge on any atom is -0.223 e. The van der Waals surface area contributed by atoms with Gasteiger partial charge in [0.25, 0.3) is 0 Å². The molecule has 0 radical (unpaired) electrons. The van der Waals surface area contributed by atoms with Gasteiger partial charge in [-0.05, 0) is 31.0 Å². The van der Waals surface area contributed by atoms with Crippen LogP contribution in [0.25, 0.3) is 0 Å². The minimum atomic E-state index is -3.59. The second-order valence-electron chi connectivity index (χ2n) is 4.32. The van der Waals surface area contributed by atoms with E-state index in [2.05, 4.69) is 6.07 Å². The van der Waals surface area contributed by atoms with Crippen molar-refractivity contribution >= 4 is 33.0 Å². The molecule has 0 heterocycles. The van der Waals surface area contributed by atoms with Crippen LogP contribution in [0.4, 0.5) is 0 Å². The summed E-state index contributed by atoms with van der Waals surface area (Å²) in [5.74, 6) is -0.454. The number of nitriles is 1. The molecule has 3 nitrogen and oxygen atoms in total. The molecule has 0 saturated heterocycles. The van der Waals surface area contributed by atoms with Gasteiger partial charge in [0, 0.05) is 5.02 Å². The number of benzene rings is 1. The Morgan fingerprint density at radius 2 is 2.00 bits per heavy atom. The van der Waals surface area contributed by atoms with Gasteiger partial charge in [-0.2, -0.15) is 5.26 Å². The van der Waals surface area contributed by atoms with E-state index in [0.29, 0.717) is 17.9 Å². The zero-order valence-electron chi connectivity index (χ0n) is 9.44. The fourth-order valence-electron chi connectivity index (χ4n) is 2.30. The summed E-state index contributed by atoms with van der Waals surface area (Å²) in [6.45, 7) is 0. The van der Waals surface area contributed by atoms with E-state index in [4.69, 9.17) is 28.5 Å². The van der Waals surface area contributed by atoms with Crippen molar-refractivity contribution in [2.75, 3.05) is 0 Å². The molecule has 1 aromatic rings. The average molecular weight is 304 g/mol. The maximum Gasteiger partial charge on any atom is 0.184 e. The molecule has 6 heteroatoms. The van der Waals surface area contributed by atoms with E-state index in [9.17, 15) is 8.42 Å². The number of sulfone groups is 1. The van der Waals surface area contributed by atoms with Crippen molar-refractivity contribution in [3.05, 3.63) is 28.2 Å². The average Bonchev–Trinajstić information content (AvgIpc) is 2.81. The fraction of sp³-hybridized carbons (Fsp3) is 0.417. The molecular formula is C12H11Cl2NO2S. The van der Waals surface area contributed by atoms with Gasteiger partial charge < -0.3 is 0 Å². The highest BCUT2D eigenvalue weighted by Gasteiger charge is 2.39. The van der Waals surface area contributed by atoms with E-state index in [1.54, 1.807) is 6.07 Å². The first kappa shape index (κ1) is 13.7. The van der Waals surface area contributed by atoms with Gasteiger partial charge in [0.1, 0.15) is 0 Å². The minimum absolute atomic E-state index is 0.0313. The highest BCUT2D eigenvalue weighted by Crippen LogP contribution is 2.37. The number of rotatable bonds is 2. The highest BCUT2D eigenvalue weighted by atomic mass is 35.5. The summed E-state index contributed by atoms with van der Waals surface area (Å²) >= 11 is 11.7. The SMILES string of the molecule is N#CC1CCCC1S(=O)(=O)c1cc(Cl)ccc1Cl. The Kier molecular flexibility index (Phi) is 3.86. The summed E-state index contributed by atoms with van der Waals surface area (Å²) in [4.78, 5) is 0.0313. The second kappa shape index (κ2) is 5.08. The molecule has 2 rings (SSSR count). The molecule has 18 heavy (non-hydrogen) atoms. The Hall–Kier alpha value is -0.760. The predicted molar refractivity (Wildman–Crippen MR) is 70.4 cm³/mol. The van der Waals surface area contributed by atoms with Gasteiger partial charge in [-0.15, -0.1) is 0 Å². The molecule has 1 saturated carbocycles. The van der Waals surface area contributed by atoms with E-state index >= 15 is 0 Å². The molecule has 96 valence electrons. The zero-order valence-corrected chi connectivity index (χ0v) is 11.8. The maximum atomic E-state index is 12.5. The second-order valence-corrected chi connectivity index (χ2v) is 7.30. The number of nitrogens with zero attached hydrogens (tertiary/aromatic N) is 1. The van der Waals surface area contributed by atoms with Gasteiger partial charge >= 0.3 is 0 Å². The van der Waals surface area contributed by atoms with Crippen molar-refractivity contribution in [2.24, 2.45) is 5.92 Å². The lowest BCUT2D eigenvalue weighted by Gasteiger charge is -2.15. The molecule has 1 aromatic carbocycles. The standard InChI is InChI=1S/C12H11Cl2NO2S/c13-9-4-5-10(14)12(6-9)18(16,17)11-3-1-2-8(11)7-15/h4-6,8,11H,1-3H2. The van der Waals surface area contributed by atoms with Gasteiger partial charge in [0.05, 0.1) is 27.2 Å². The van der Waals surface area contributed by atoms with Crippen LogP contribution in [0.1, 0.15) is 19.3 Å². The topological polar surface area (TPSA) is 57.9 Å². The molecule has 1 aliphatic rings. The van der Waals surface area contributed by atoms with Crippen molar-refractivity contribution in [1.82, 2.24) is 0 Å². The van der Waals surface area contributed by atoms with Crippen LogP contribution in [-0.4, -0.2) is 13.7 Å². The van der Waals surface area contributed by atoms with E-state index in [1.165, 1.54) is 12.1 Å². The summed E-state index contributed by atoms with van der Waals surface area (Å²) in [5.41, 5.74) is 0. The van der Waals surface area contributed by atoms with E-state index in [-0.39, 0.29) is 9.92 Å². The summed E-state index contributed by atoms with van der Waals surface area (Å²) < 4.78 is 25.0. The van der Waals surface area contributed by atoms with Crippen LogP contribution in [0.5, 0.6) is 0 Å². The number of hydrogen-bond donors (Lipinski definition) is 0. The number of hydrogen-bond acceptors (Lipinski definition) is 3. The third kappa shape index (κ3) is 2.35. The Morgan fingerprint density at radius 3 is 2.67 bits per heavy atom. The zero-order chi connectivity index (χ0) is 13.3. The van der Waals surface area contributed by atoms with Crippen LogP contribution in [0.2, 0.25) is 10.0 Å². The van der Waals surface area contributed by atoms with Crippen molar-refractivity contribution < 1.29 is 8.42 Å². The molecule has 1 fully saturated rings. The van der Waals surface area contributed by atoms with Crippen LogP contribution in [0, 0.1) is 17.2 Å². The van der Waals surface area contributed by atoms with Crippen LogP contribution in [0.15, 0.2) is 23.1 Å². The quantitative estimate of drug-likeness (QED) is 0.840. The van der Waals surface area contributed by atoms with Crippen LogP contribution < -0.4 is 0 Å². The molecule has 2 unspecified atom stereocenters. The summed E-state index contributed by atoms with van der Waals surface area (Å²) in [7, 11) is -3.59. The Labute approximate surface area is 116 Å². The van der Waals surface area contributed by atoms with Gasteiger partial charge in [-0.1, -0.05) is 29.6 Å². The first-order valence-electron chi connectivity index (χ1n) is 5.55. The highest BCUT2D eigenvalue weighted by molar-refractivity contribution is 7.92. The predicted octanol–water partition coefficient (Wildman–Crippen LogP) is 3.46. The molecule has 2 atom stereocenters. The van der Waals surface area contributed by atoms with Crippen molar-refractivity contribution in [3.8, 4) is 6.07 Å². The first-order valence-corrected chi connectivity index (χ1v) is 7.85. The van der Waals surface area contributed by atoms with Gasteiger partial charge in [0.15, 0.2) is 9.84 Å². The van der Waals surface area contributed by atoms with E-state index < -0.39 is 21.0 Å². The molecule has 0 N–H and O–H groups in total. The Bertz CT molecular complexity index is 607. The molecule has 0 bridgehead atoms. The lowest BCUT2D eigenvalue weighted by atomic mass is 10.1. The molecular weight excluding hydrogens is 293 g/mol.